The standard InChI is InChI=1S/C15H18N2O2S/c1-2-15(19)9-17(10-15)14(18)8-7-13-16-11-5-3-4-6-12(11)20-13/h3-6,19H,2,7-10H2,1H3. The van der Waals surface area contributed by atoms with Crippen molar-refractivity contribution in [3.05, 3.63) is 29.3 Å². The van der Waals surface area contributed by atoms with Gasteiger partial charge in [-0.25, -0.2) is 4.98 Å². The number of rotatable bonds is 4. The highest BCUT2D eigenvalue weighted by Crippen LogP contribution is 2.26. The fraction of sp³-hybridized carbons (Fsp3) is 0.467. The third-order valence-electron chi connectivity index (χ3n) is 3.87. The van der Waals surface area contributed by atoms with Crippen molar-refractivity contribution in [3.8, 4) is 0 Å². The van der Waals surface area contributed by atoms with Crippen LogP contribution in [0.4, 0.5) is 0 Å². The Morgan fingerprint density at radius 1 is 1.45 bits per heavy atom. The van der Waals surface area contributed by atoms with E-state index in [4.69, 9.17) is 0 Å². The molecule has 1 aromatic heterocycles. The molecule has 0 unspecified atom stereocenters. The molecule has 1 amide bonds. The average molecular weight is 290 g/mol. The number of fused-ring (bicyclic) bond motifs is 1. The topological polar surface area (TPSA) is 53.4 Å². The van der Waals surface area contributed by atoms with Crippen molar-refractivity contribution in [2.24, 2.45) is 0 Å². The van der Waals surface area contributed by atoms with Crippen molar-refractivity contribution >= 4 is 27.5 Å². The van der Waals surface area contributed by atoms with Crippen LogP contribution in [0.1, 0.15) is 24.8 Å². The van der Waals surface area contributed by atoms with E-state index < -0.39 is 5.60 Å². The summed E-state index contributed by atoms with van der Waals surface area (Å²) in [6, 6.07) is 8.02. The van der Waals surface area contributed by atoms with Crippen LogP contribution < -0.4 is 0 Å². The van der Waals surface area contributed by atoms with Gasteiger partial charge in [-0.1, -0.05) is 19.1 Å². The Kier molecular flexibility index (Phi) is 3.48. The van der Waals surface area contributed by atoms with Crippen LogP contribution in [0.5, 0.6) is 0 Å². The minimum Gasteiger partial charge on any atom is -0.386 e. The molecule has 2 aromatic rings. The van der Waals surface area contributed by atoms with Gasteiger partial charge in [-0.15, -0.1) is 11.3 Å². The van der Waals surface area contributed by atoms with Gasteiger partial charge in [-0.2, -0.15) is 0 Å². The van der Waals surface area contributed by atoms with E-state index in [-0.39, 0.29) is 5.91 Å². The maximum Gasteiger partial charge on any atom is 0.223 e. The summed E-state index contributed by atoms with van der Waals surface area (Å²) >= 11 is 1.65. The lowest BCUT2D eigenvalue weighted by atomic mass is 9.91. The van der Waals surface area contributed by atoms with Crippen molar-refractivity contribution in [1.82, 2.24) is 9.88 Å². The van der Waals surface area contributed by atoms with Crippen LogP contribution in [-0.2, 0) is 11.2 Å². The van der Waals surface area contributed by atoms with Crippen LogP contribution in [0.2, 0.25) is 0 Å². The number of aliphatic hydroxyl groups is 1. The normalized spacial score (nSPS) is 17.2. The predicted octanol–water partition coefficient (Wildman–Crippen LogP) is 2.21. The van der Waals surface area contributed by atoms with Gasteiger partial charge < -0.3 is 10.0 Å². The molecule has 20 heavy (non-hydrogen) atoms. The smallest absolute Gasteiger partial charge is 0.223 e. The van der Waals surface area contributed by atoms with E-state index in [2.05, 4.69) is 11.1 Å². The number of β-amino-alcohol motifs (C(OH)–C–C–N with tert-alkyl or cyclic N) is 1. The minimum absolute atomic E-state index is 0.113. The van der Waals surface area contributed by atoms with E-state index in [1.807, 2.05) is 25.1 Å². The molecule has 0 radical (unpaired) electrons. The molecular formula is C15H18N2O2S. The zero-order valence-corrected chi connectivity index (χ0v) is 12.3. The monoisotopic (exact) mass is 290 g/mol. The molecule has 4 nitrogen and oxygen atoms in total. The molecule has 0 aliphatic carbocycles. The van der Waals surface area contributed by atoms with Crippen LogP contribution in [0.3, 0.4) is 0 Å². The lowest BCUT2D eigenvalue weighted by molar-refractivity contribution is -0.155. The van der Waals surface area contributed by atoms with Gasteiger partial charge in [0.05, 0.1) is 33.9 Å². The number of amides is 1. The van der Waals surface area contributed by atoms with E-state index in [1.54, 1.807) is 16.2 Å². The number of para-hydroxylation sites is 1. The van der Waals surface area contributed by atoms with Crippen molar-refractivity contribution in [2.45, 2.75) is 31.8 Å². The Morgan fingerprint density at radius 3 is 2.90 bits per heavy atom. The molecule has 5 heteroatoms. The summed E-state index contributed by atoms with van der Waals surface area (Å²) in [5.74, 6) is 0.113. The quantitative estimate of drug-likeness (QED) is 0.939. The first-order valence-electron chi connectivity index (χ1n) is 6.94. The molecule has 0 bridgehead atoms. The Morgan fingerprint density at radius 2 is 2.20 bits per heavy atom. The predicted molar refractivity (Wildman–Crippen MR) is 79.8 cm³/mol. The van der Waals surface area contributed by atoms with E-state index in [1.165, 1.54) is 4.70 Å². The largest absolute Gasteiger partial charge is 0.386 e. The van der Waals surface area contributed by atoms with Gasteiger partial charge >= 0.3 is 0 Å². The number of thiazole rings is 1. The second-order valence-corrected chi connectivity index (χ2v) is 6.52. The average Bonchev–Trinajstić information content (AvgIpc) is 2.84. The molecular weight excluding hydrogens is 272 g/mol. The molecule has 3 rings (SSSR count). The lowest BCUT2D eigenvalue weighted by Gasteiger charge is -2.46. The van der Waals surface area contributed by atoms with Gasteiger partial charge in [0.2, 0.25) is 5.91 Å². The second kappa shape index (κ2) is 5.14. The Bertz CT molecular complexity index is 599. The van der Waals surface area contributed by atoms with Crippen LogP contribution >= 0.6 is 11.3 Å². The molecule has 1 aromatic carbocycles. The highest BCUT2D eigenvalue weighted by Gasteiger charge is 2.41. The number of aromatic nitrogens is 1. The molecule has 106 valence electrons. The zero-order valence-electron chi connectivity index (χ0n) is 11.5. The minimum atomic E-state index is -0.647. The van der Waals surface area contributed by atoms with E-state index >= 15 is 0 Å². The van der Waals surface area contributed by atoms with Gasteiger partial charge in [-0.05, 0) is 18.6 Å². The van der Waals surface area contributed by atoms with Gasteiger partial charge in [0.1, 0.15) is 0 Å². The van der Waals surface area contributed by atoms with Crippen LogP contribution in [-0.4, -0.2) is 39.6 Å². The molecule has 1 aliphatic heterocycles. The number of carbonyl (C=O) groups excluding carboxylic acids is 1. The van der Waals surface area contributed by atoms with Gasteiger partial charge in [-0.3, -0.25) is 4.79 Å². The van der Waals surface area contributed by atoms with Crippen molar-refractivity contribution in [1.29, 1.82) is 0 Å². The highest BCUT2D eigenvalue weighted by atomic mass is 32.1. The molecule has 0 spiro atoms. The number of hydrogen-bond donors (Lipinski definition) is 1. The van der Waals surface area contributed by atoms with Crippen molar-refractivity contribution < 1.29 is 9.90 Å². The highest BCUT2D eigenvalue weighted by molar-refractivity contribution is 7.18. The van der Waals surface area contributed by atoms with Crippen LogP contribution in [0, 0.1) is 0 Å². The Labute approximate surface area is 122 Å². The summed E-state index contributed by atoms with van der Waals surface area (Å²) in [4.78, 5) is 18.3. The number of carbonyl (C=O) groups is 1. The van der Waals surface area contributed by atoms with Gasteiger partial charge in [0.25, 0.3) is 0 Å². The summed E-state index contributed by atoms with van der Waals surface area (Å²) in [6.07, 6.45) is 1.85. The summed E-state index contributed by atoms with van der Waals surface area (Å²) in [7, 11) is 0. The van der Waals surface area contributed by atoms with Gasteiger partial charge in [0, 0.05) is 12.8 Å². The number of nitrogens with zero attached hydrogens (tertiary/aromatic N) is 2. The van der Waals surface area contributed by atoms with E-state index in [0.29, 0.717) is 32.4 Å². The SMILES string of the molecule is CCC1(O)CN(C(=O)CCc2nc3ccccc3s2)C1. The number of aryl methyl sites for hydroxylation is 1. The maximum absolute atomic E-state index is 12.0. The van der Waals surface area contributed by atoms with Crippen molar-refractivity contribution in [2.75, 3.05) is 13.1 Å². The summed E-state index contributed by atoms with van der Waals surface area (Å²) in [6.45, 7) is 2.90. The van der Waals surface area contributed by atoms with Gasteiger partial charge in [0.15, 0.2) is 0 Å². The van der Waals surface area contributed by atoms with Crippen molar-refractivity contribution in [3.63, 3.8) is 0 Å². The first-order valence-corrected chi connectivity index (χ1v) is 7.76. The second-order valence-electron chi connectivity index (χ2n) is 5.40. The summed E-state index contributed by atoms with van der Waals surface area (Å²) in [5, 5.41) is 10.9. The third-order valence-corrected chi connectivity index (χ3v) is 4.97. The molecule has 0 saturated carbocycles. The number of benzene rings is 1. The molecule has 1 fully saturated rings. The number of hydrogen-bond acceptors (Lipinski definition) is 4. The maximum atomic E-state index is 12.0. The molecule has 1 saturated heterocycles. The fourth-order valence-electron chi connectivity index (χ4n) is 2.46. The van der Waals surface area contributed by atoms with Crippen LogP contribution in [0.25, 0.3) is 10.2 Å². The van der Waals surface area contributed by atoms with E-state index in [9.17, 15) is 9.90 Å². The third kappa shape index (κ3) is 2.55. The zero-order chi connectivity index (χ0) is 14.2. The number of likely N-dealkylation sites (tertiary alicyclic amines) is 1. The molecule has 1 N–H and O–H groups in total. The molecule has 2 heterocycles. The van der Waals surface area contributed by atoms with Crippen LogP contribution in [0.15, 0.2) is 24.3 Å². The lowest BCUT2D eigenvalue weighted by Crippen LogP contribution is -2.63. The summed E-state index contributed by atoms with van der Waals surface area (Å²) < 4.78 is 1.17. The molecule has 0 atom stereocenters. The molecule has 1 aliphatic rings. The Hall–Kier alpha value is -1.46. The first-order chi connectivity index (χ1) is 9.59. The first kappa shape index (κ1) is 13.5. The summed E-state index contributed by atoms with van der Waals surface area (Å²) in [5.41, 5.74) is 0.357. The Balaban J connectivity index is 1.56. The fourth-order valence-corrected chi connectivity index (χ4v) is 3.43. The van der Waals surface area contributed by atoms with E-state index in [0.717, 1.165) is 10.5 Å².